The zero-order valence-corrected chi connectivity index (χ0v) is 9.02. The summed E-state index contributed by atoms with van der Waals surface area (Å²) in [5.41, 5.74) is 2.89. The lowest BCUT2D eigenvalue weighted by atomic mass is 10.1. The largest absolute Gasteiger partial charge is 0.311 e. The van der Waals surface area contributed by atoms with Crippen LogP contribution in [0.25, 0.3) is 0 Å². The molecule has 1 atom stereocenters. The molecule has 3 heterocycles. The van der Waals surface area contributed by atoms with E-state index in [0.717, 1.165) is 19.5 Å². The van der Waals surface area contributed by atoms with Crippen LogP contribution in [0.1, 0.15) is 23.7 Å². The third-order valence-electron chi connectivity index (χ3n) is 3.10. The lowest BCUT2D eigenvalue weighted by molar-refractivity contribution is 0.464. The summed E-state index contributed by atoms with van der Waals surface area (Å²) in [6.07, 6.45) is 4.51. The molecule has 76 valence electrons. The summed E-state index contributed by atoms with van der Waals surface area (Å²) in [6.45, 7) is 2.12. The van der Waals surface area contributed by atoms with Gasteiger partial charge in [-0.05, 0) is 30.7 Å². The molecule has 4 heteroatoms. The van der Waals surface area contributed by atoms with Gasteiger partial charge < -0.3 is 5.32 Å². The number of aromatic nitrogens is 2. The van der Waals surface area contributed by atoms with Crippen LogP contribution in [0.3, 0.4) is 0 Å². The van der Waals surface area contributed by atoms with Crippen LogP contribution in [-0.4, -0.2) is 27.8 Å². The van der Waals surface area contributed by atoms with Crippen molar-refractivity contribution in [2.45, 2.75) is 25.4 Å². The Hall–Kier alpha value is -0.480. The Bertz CT molecular complexity index is 328. The van der Waals surface area contributed by atoms with E-state index in [0.29, 0.717) is 6.04 Å². The molecule has 1 fully saturated rings. The molecule has 1 saturated heterocycles. The molecule has 0 radical (unpaired) electrons. The molecule has 0 amide bonds. The van der Waals surface area contributed by atoms with E-state index in [-0.39, 0.29) is 0 Å². The van der Waals surface area contributed by atoms with Gasteiger partial charge in [-0.25, -0.2) is 0 Å². The zero-order chi connectivity index (χ0) is 9.38. The van der Waals surface area contributed by atoms with E-state index < -0.39 is 0 Å². The Balaban J connectivity index is 1.93. The summed E-state index contributed by atoms with van der Waals surface area (Å²) >= 11 is 2.05. The van der Waals surface area contributed by atoms with E-state index in [1.165, 1.54) is 29.2 Å². The van der Waals surface area contributed by atoms with Crippen molar-refractivity contribution in [2.75, 3.05) is 18.1 Å². The molecule has 0 aromatic carbocycles. The fourth-order valence-electron chi connectivity index (χ4n) is 2.29. The highest BCUT2D eigenvalue weighted by Crippen LogP contribution is 2.29. The molecule has 0 bridgehead atoms. The van der Waals surface area contributed by atoms with Crippen molar-refractivity contribution >= 4 is 11.8 Å². The van der Waals surface area contributed by atoms with Crippen LogP contribution in [0.15, 0.2) is 6.20 Å². The molecular formula is C10H15N3S. The van der Waals surface area contributed by atoms with Crippen molar-refractivity contribution in [3.05, 3.63) is 17.5 Å². The van der Waals surface area contributed by atoms with Crippen molar-refractivity contribution in [1.29, 1.82) is 0 Å². The summed E-state index contributed by atoms with van der Waals surface area (Å²) in [5.74, 6) is 2.54. The second kappa shape index (κ2) is 3.59. The number of hydrogen-bond acceptors (Lipinski definition) is 3. The molecular weight excluding hydrogens is 194 g/mol. The second-order valence-corrected chi connectivity index (χ2v) is 5.16. The molecule has 1 N–H and O–H groups in total. The Morgan fingerprint density at radius 2 is 2.57 bits per heavy atom. The maximum atomic E-state index is 4.54. The first-order valence-electron chi connectivity index (χ1n) is 5.29. The van der Waals surface area contributed by atoms with E-state index in [1.807, 2.05) is 11.8 Å². The van der Waals surface area contributed by atoms with Crippen LogP contribution in [0, 0.1) is 0 Å². The smallest absolute Gasteiger partial charge is 0.0621 e. The summed E-state index contributed by atoms with van der Waals surface area (Å²) in [5, 5.41) is 7.97. The fraction of sp³-hybridized carbons (Fsp3) is 0.700. The van der Waals surface area contributed by atoms with Crippen LogP contribution in [0.5, 0.6) is 0 Å². The molecule has 2 aliphatic rings. The molecule has 2 aliphatic heterocycles. The molecule has 1 unspecified atom stereocenters. The van der Waals surface area contributed by atoms with E-state index in [2.05, 4.69) is 21.3 Å². The summed E-state index contributed by atoms with van der Waals surface area (Å²) in [7, 11) is 0. The minimum Gasteiger partial charge on any atom is -0.311 e. The Morgan fingerprint density at radius 3 is 3.43 bits per heavy atom. The quantitative estimate of drug-likeness (QED) is 0.754. The van der Waals surface area contributed by atoms with E-state index >= 15 is 0 Å². The minimum atomic E-state index is 0.656. The standard InChI is InChI=1S/C10H15N3S/c1-3-11-6-10-8(1)5-12-13(10)9-2-4-14-7-9/h5,9,11H,1-4,6-7H2. The SMILES string of the molecule is c1nn(C2CCSC2)c2c1CCNC2. The fourth-order valence-corrected chi connectivity index (χ4v) is 3.47. The van der Waals surface area contributed by atoms with Crippen LogP contribution in [0.2, 0.25) is 0 Å². The van der Waals surface area contributed by atoms with Crippen molar-refractivity contribution in [3.8, 4) is 0 Å². The van der Waals surface area contributed by atoms with Gasteiger partial charge in [-0.2, -0.15) is 16.9 Å². The number of nitrogens with zero attached hydrogens (tertiary/aromatic N) is 2. The van der Waals surface area contributed by atoms with Crippen LogP contribution in [-0.2, 0) is 13.0 Å². The van der Waals surface area contributed by atoms with Gasteiger partial charge in [-0.15, -0.1) is 0 Å². The number of thioether (sulfide) groups is 1. The third kappa shape index (κ3) is 1.37. The van der Waals surface area contributed by atoms with Crippen molar-refractivity contribution in [1.82, 2.24) is 15.1 Å². The molecule has 1 aromatic rings. The van der Waals surface area contributed by atoms with Crippen molar-refractivity contribution in [2.24, 2.45) is 0 Å². The third-order valence-corrected chi connectivity index (χ3v) is 4.25. The molecule has 0 saturated carbocycles. The van der Waals surface area contributed by atoms with Crippen LogP contribution >= 0.6 is 11.8 Å². The van der Waals surface area contributed by atoms with Gasteiger partial charge in [-0.1, -0.05) is 0 Å². The van der Waals surface area contributed by atoms with Crippen LogP contribution < -0.4 is 5.32 Å². The van der Waals surface area contributed by atoms with Crippen molar-refractivity contribution < 1.29 is 0 Å². The van der Waals surface area contributed by atoms with Gasteiger partial charge in [0.05, 0.1) is 17.9 Å². The van der Waals surface area contributed by atoms with E-state index in [4.69, 9.17) is 0 Å². The van der Waals surface area contributed by atoms with Gasteiger partial charge in [0, 0.05) is 12.3 Å². The lowest BCUT2D eigenvalue weighted by Crippen LogP contribution is -2.26. The van der Waals surface area contributed by atoms with E-state index in [9.17, 15) is 0 Å². The van der Waals surface area contributed by atoms with Crippen molar-refractivity contribution in [3.63, 3.8) is 0 Å². The van der Waals surface area contributed by atoms with Gasteiger partial charge in [0.2, 0.25) is 0 Å². The number of hydrogen-bond donors (Lipinski definition) is 1. The molecule has 1 aromatic heterocycles. The topological polar surface area (TPSA) is 29.9 Å². The average molecular weight is 209 g/mol. The van der Waals surface area contributed by atoms with Crippen LogP contribution in [0.4, 0.5) is 0 Å². The van der Waals surface area contributed by atoms with Gasteiger partial charge in [0.15, 0.2) is 0 Å². The first-order chi connectivity index (χ1) is 6.95. The van der Waals surface area contributed by atoms with Gasteiger partial charge in [0.25, 0.3) is 0 Å². The monoisotopic (exact) mass is 209 g/mol. The first-order valence-corrected chi connectivity index (χ1v) is 6.44. The van der Waals surface area contributed by atoms with Gasteiger partial charge in [0.1, 0.15) is 0 Å². The number of fused-ring (bicyclic) bond motifs is 1. The summed E-state index contributed by atoms with van der Waals surface area (Å²) < 4.78 is 2.27. The lowest BCUT2D eigenvalue weighted by Gasteiger charge is -2.18. The second-order valence-electron chi connectivity index (χ2n) is 4.01. The maximum Gasteiger partial charge on any atom is 0.0621 e. The normalized spacial score (nSPS) is 26.4. The van der Waals surface area contributed by atoms with E-state index in [1.54, 1.807) is 0 Å². The highest BCUT2D eigenvalue weighted by atomic mass is 32.2. The first kappa shape index (κ1) is 8.80. The predicted molar refractivity (Wildman–Crippen MR) is 58.6 cm³/mol. The Morgan fingerprint density at radius 1 is 1.57 bits per heavy atom. The van der Waals surface area contributed by atoms with Gasteiger partial charge in [-0.3, -0.25) is 4.68 Å². The number of rotatable bonds is 1. The summed E-state index contributed by atoms with van der Waals surface area (Å²) in [4.78, 5) is 0. The predicted octanol–water partition coefficient (Wildman–Crippen LogP) is 1.21. The number of nitrogens with one attached hydrogen (secondary N) is 1. The maximum absolute atomic E-state index is 4.54. The Labute approximate surface area is 88.3 Å². The minimum absolute atomic E-state index is 0.656. The molecule has 3 nitrogen and oxygen atoms in total. The summed E-state index contributed by atoms with van der Waals surface area (Å²) in [6, 6.07) is 0.656. The van der Waals surface area contributed by atoms with Gasteiger partial charge >= 0.3 is 0 Å². The average Bonchev–Trinajstić information content (AvgIpc) is 2.85. The zero-order valence-electron chi connectivity index (χ0n) is 8.20. The highest BCUT2D eigenvalue weighted by Gasteiger charge is 2.23. The highest BCUT2D eigenvalue weighted by molar-refractivity contribution is 7.99. The Kier molecular flexibility index (Phi) is 2.25. The molecule has 14 heavy (non-hydrogen) atoms. The molecule has 0 spiro atoms. The molecule has 3 rings (SSSR count). The molecule has 0 aliphatic carbocycles.